The molecule has 0 atom stereocenters. The molecule has 1 heterocycles. The van der Waals surface area contributed by atoms with Crippen LogP contribution >= 0.6 is 0 Å². The summed E-state index contributed by atoms with van der Waals surface area (Å²) in [6, 6.07) is 0. The fourth-order valence-corrected chi connectivity index (χ4v) is 1.96. The number of rotatable bonds is 8. The molecule has 0 aliphatic carbocycles. The zero-order valence-electron chi connectivity index (χ0n) is 10.4. The Morgan fingerprint density at radius 3 is 2.18 bits per heavy atom. The second-order valence-corrected chi connectivity index (χ2v) is 4.50. The zero-order chi connectivity index (χ0) is 12.7. The van der Waals surface area contributed by atoms with Crippen LogP contribution in [0.3, 0.4) is 0 Å². The first-order chi connectivity index (χ1) is 8.16. The summed E-state index contributed by atoms with van der Waals surface area (Å²) in [5.41, 5.74) is 0.436. The third-order valence-corrected chi connectivity index (χ3v) is 3.02. The first-order valence-electron chi connectivity index (χ1n) is 6.44. The van der Waals surface area contributed by atoms with E-state index in [1.165, 1.54) is 38.2 Å². The van der Waals surface area contributed by atoms with Crippen LogP contribution in [0.4, 0.5) is 0 Å². The summed E-state index contributed by atoms with van der Waals surface area (Å²) in [5.74, 6) is -1.17. The van der Waals surface area contributed by atoms with Gasteiger partial charge in [-0.05, 0) is 12.8 Å². The lowest BCUT2D eigenvalue weighted by atomic mass is 10.0. The van der Waals surface area contributed by atoms with Crippen LogP contribution in [-0.2, 0) is 9.59 Å². The number of nitrogens with zero attached hydrogens (tertiary/aromatic N) is 1. The van der Waals surface area contributed by atoms with Crippen LogP contribution in [0.25, 0.3) is 0 Å². The maximum atomic E-state index is 11.3. The van der Waals surface area contributed by atoms with E-state index in [4.69, 9.17) is 5.21 Å². The van der Waals surface area contributed by atoms with E-state index in [0.717, 1.165) is 12.8 Å². The fourth-order valence-electron chi connectivity index (χ4n) is 1.96. The number of amides is 2. The fraction of sp³-hybridized carbons (Fsp3) is 0.692. The molecular formula is C13H21NO3. The molecule has 96 valence electrons. The summed E-state index contributed by atoms with van der Waals surface area (Å²) >= 11 is 0. The molecule has 0 fully saturated rings. The molecular weight excluding hydrogens is 218 g/mol. The van der Waals surface area contributed by atoms with Crippen molar-refractivity contribution < 1.29 is 14.8 Å². The summed E-state index contributed by atoms with van der Waals surface area (Å²) in [7, 11) is 0. The number of carbonyl (C=O) groups excluding carboxylic acids is 2. The highest BCUT2D eigenvalue weighted by molar-refractivity contribution is 6.15. The predicted octanol–water partition coefficient (Wildman–Crippen LogP) is 2.81. The van der Waals surface area contributed by atoms with Crippen LogP contribution in [-0.4, -0.2) is 22.1 Å². The van der Waals surface area contributed by atoms with E-state index in [1.54, 1.807) is 0 Å². The van der Waals surface area contributed by atoms with Gasteiger partial charge in [-0.25, -0.2) is 0 Å². The zero-order valence-corrected chi connectivity index (χ0v) is 10.4. The van der Waals surface area contributed by atoms with Crippen molar-refractivity contribution in [2.24, 2.45) is 0 Å². The van der Waals surface area contributed by atoms with Gasteiger partial charge in [-0.2, -0.15) is 0 Å². The molecule has 1 rings (SSSR count). The summed E-state index contributed by atoms with van der Waals surface area (Å²) in [5, 5.41) is 9.21. The Hall–Kier alpha value is -1.16. The Bertz CT molecular complexity index is 310. The Balaban J connectivity index is 2.09. The Labute approximate surface area is 102 Å². The summed E-state index contributed by atoms with van der Waals surface area (Å²) in [6.45, 7) is 2.19. The lowest BCUT2D eigenvalue weighted by molar-refractivity contribution is -0.169. The van der Waals surface area contributed by atoms with Gasteiger partial charge in [0.05, 0.1) is 0 Å². The summed E-state index contributed by atoms with van der Waals surface area (Å²) < 4.78 is 0. The molecule has 0 aromatic carbocycles. The van der Waals surface area contributed by atoms with E-state index in [9.17, 15) is 9.59 Å². The minimum atomic E-state index is -0.618. The molecule has 0 aromatic rings. The van der Waals surface area contributed by atoms with Crippen LogP contribution in [0.1, 0.15) is 58.3 Å². The highest BCUT2D eigenvalue weighted by Crippen LogP contribution is 2.18. The molecule has 0 spiro atoms. The van der Waals surface area contributed by atoms with Crippen LogP contribution in [0, 0.1) is 0 Å². The lowest BCUT2D eigenvalue weighted by Crippen LogP contribution is -2.26. The van der Waals surface area contributed by atoms with Gasteiger partial charge in [-0.3, -0.25) is 14.8 Å². The number of hydrogen-bond donors (Lipinski definition) is 1. The van der Waals surface area contributed by atoms with Crippen molar-refractivity contribution in [2.75, 3.05) is 0 Å². The van der Waals surface area contributed by atoms with Gasteiger partial charge in [0.2, 0.25) is 0 Å². The van der Waals surface area contributed by atoms with Crippen molar-refractivity contribution in [3.8, 4) is 0 Å². The van der Waals surface area contributed by atoms with E-state index in [1.807, 2.05) is 0 Å². The average Bonchev–Trinajstić information content (AvgIpc) is 2.56. The van der Waals surface area contributed by atoms with Gasteiger partial charge in [-0.15, -0.1) is 5.06 Å². The molecule has 0 radical (unpaired) electrons. The monoisotopic (exact) mass is 239 g/mol. The highest BCUT2D eigenvalue weighted by atomic mass is 16.5. The summed E-state index contributed by atoms with van der Waals surface area (Å²) in [6.07, 6.45) is 10.0. The first kappa shape index (κ1) is 13.9. The molecule has 0 aromatic heterocycles. The van der Waals surface area contributed by atoms with Gasteiger partial charge in [0.1, 0.15) is 0 Å². The van der Waals surface area contributed by atoms with Crippen LogP contribution in [0.15, 0.2) is 11.6 Å². The maximum absolute atomic E-state index is 11.3. The van der Waals surface area contributed by atoms with E-state index < -0.39 is 11.8 Å². The molecule has 4 heteroatoms. The number of hydrogen-bond acceptors (Lipinski definition) is 3. The van der Waals surface area contributed by atoms with E-state index in [0.29, 0.717) is 12.0 Å². The van der Waals surface area contributed by atoms with Crippen molar-refractivity contribution in [3.05, 3.63) is 11.6 Å². The third kappa shape index (κ3) is 4.30. The number of hydroxylamine groups is 2. The molecule has 17 heavy (non-hydrogen) atoms. The standard InChI is InChI=1S/C13H21NO3/c1-2-3-4-5-6-7-8-9-11-10-12(15)14(17)13(11)16/h10,17H,2-9H2,1H3. The van der Waals surface area contributed by atoms with E-state index in [2.05, 4.69) is 6.92 Å². The first-order valence-corrected chi connectivity index (χ1v) is 6.44. The van der Waals surface area contributed by atoms with Gasteiger partial charge in [-0.1, -0.05) is 45.4 Å². The van der Waals surface area contributed by atoms with E-state index in [-0.39, 0.29) is 5.06 Å². The second-order valence-electron chi connectivity index (χ2n) is 4.50. The Morgan fingerprint density at radius 2 is 1.65 bits per heavy atom. The van der Waals surface area contributed by atoms with Crippen LogP contribution in [0.2, 0.25) is 0 Å². The molecule has 4 nitrogen and oxygen atoms in total. The highest BCUT2D eigenvalue weighted by Gasteiger charge is 2.28. The van der Waals surface area contributed by atoms with Gasteiger partial charge in [0, 0.05) is 11.6 Å². The minimum absolute atomic E-state index is 0.191. The van der Waals surface area contributed by atoms with Gasteiger partial charge in [0.25, 0.3) is 11.8 Å². The van der Waals surface area contributed by atoms with Gasteiger partial charge in [0.15, 0.2) is 0 Å². The topological polar surface area (TPSA) is 57.6 Å². The van der Waals surface area contributed by atoms with Crippen molar-refractivity contribution in [1.82, 2.24) is 5.06 Å². The van der Waals surface area contributed by atoms with Gasteiger partial charge < -0.3 is 0 Å². The Morgan fingerprint density at radius 1 is 1.06 bits per heavy atom. The average molecular weight is 239 g/mol. The molecule has 2 amide bonds. The molecule has 1 aliphatic heterocycles. The second kappa shape index (κ2) is 7.22. The van der Waals surface area contributed by atoms with Crippen LogP contribution in [0.5, 0.6) is 0 Å². The minimum Gasteiger partial charge on any atom is -0.278 e. The predicted molar refractivity (Wildman–Crippen MR) is 64.3 cm³/mol. The Kier molecular flexibility index (Phi) is 5.91. The maximum Gasteiger partial charge on any atom is 0.280 e. The molecule has 0 saturated carbocycles. The lowest BCUT2D eigenvalue weighted by Gasteiger charge is -2.04. The smallest absolute Gasteiger partial charge is 0.278 e. The number of imide groups is 1. The molecule has 0 unspecified atom stereocenters. The van der Waals surface area contributed by atoms with Crippen molar-refractivity contribution >= 4 is 11.8 Å². The number of carbonyl (C=O) groups is 2. The molecule has 0 bridgehead atoms. The van der Waals surface area contributed by atoms with Crippen LogP contribution < -0.4 is 0 Å². The quantitative estimate of drug-likeness (QED) is 0.402. The number of unbranched alkanes of at least 4 members (excludes halogenated alkanes) is 6. The van der Waals surface area contributed by atoms with Crippen molar-refractivity contribution in [3.63, 3.8) is 0 Å². The largest absolute Gasteiger partial charge is 0.280 e. The molecule has 1 aliphatic rings. The molecule has 0 saturated heterocycles. The van der Waals surface area contributed by atoms with Crippen molar-refractivity contribution in [1.29, 1.82) is 0 Å². The normalized spacial score (nSPS) is 15.6. The SMILES string of the molecule is CCCCCCCCCC1=CC(=O)N(O)C1=O. The van der Waals surface area contributed by atoms with Gasteiger partial charge >= 0.3 is 0 Å². The van der Waals surface area contributed by atoms with Crippen molar-refractivity contribution in [2.45, 2.75) is 58.3 Å². The molecule has 1 N–H and O–H groups in total. The summed E-state index contributed by atoms with van der Waals surface area (Å²) in [4.78, 5) is 22.3. The van der Waals surface area contributed by atoms with E-state index >= 15 is 0 Å². The third-order valence-electron chi connectivity index (χ3n) is 3.02.